The van der Waals surface area contributed by atoms with Gasteiger partial charge in [-0.3, -0.25) is 19.0 Å². The summed E-state index contributed by atoms with van der Waals surface area (Å²) in [6.07, 6.45) is 3.25. The number of amides is 2. The fourth-order valence-electron chi connectivity index (χ4n) is 3.29. The Hall–Kier alpha value is -2.55. The largest absolute Gasteiger partial charge is 0.459 e. The van der Waals surface area contributed by atoms with Crippen LogP contribution in [0.1, 0.15) is 23.0 Å². The number of carbonyl (C=O) groups is 2. The Morgan fingerprint density at radius 1 is 1.19 bits per heavy atom. The molecule has 2 amide bonds. The van der Waals surface area contributed by atoms with Crippen molar-refractivity contribution in [1.29, 1.82) is 0 Å². The van der Waals surface area contributed by atoms with Gasteiger partial charge in [0.2, 0.25) is 5.91 Å². The van der Waals surface area contributed by atoms with Gasteiger partial charge in [-0.1, -0.05) is 11.8 Å². The topological polar surface area (TPSA) is 88.7 Å². The Morgan fingerprint density at radius 3 is 2.69 bits per heavy atom. The Balaban J connectivity index is 1.35. The highest BCUT2D eigenvalue weighted by atomic mass is 32.2. The van der Waals surface area contributed by atoms with E-state index in [0.717, 1.165) is 0 Å². The Labute approximate surface area is 153 Å². The fourth-order valence-corrected chi connectivity index (χ4v) is 4.41. The molecule has 0 bridgehead atoms. The van der Waals surface area contributed by atoms with Gasteiger partial charge in [0, 0.05) is 50.6 Å². The van der Waals surface area contributed by atoms with Crippen LogP contribution in [-0.4, -0.2) is 63.1 Å². The van der Waals surface area contributed by atoms with Crippen molar-refractivity contribution in [3.8, 4) is 0 Å². The summed E-state index contributed by atoms with van der Waals surface area (Å²) in [5.41, 5.74) is -0.119. The molecule has 0 aliphatic carbocycles. The molecule has 2 aromatic rings. The van der Waals surface area contributed by atoms with Gasteiger partial charge in [0.15, 0.2) is 10.9 Å². The first-order chi connectivity index (χ1) is 12.6. The van der Waals surface area contributed by atoms with Crippen LogP contribution in [-0.2, 0) is 4.79 Å². The van der Waals surface area contributed by atoms with Crippen molar-refractivity contribution in [3.63, 3.8) is 0 Å². The summed E-state index contributed by atoms with van der Waals surface area (Å²) >= 11 is 1.50. The molecular formula is C17H18N4O4S. The summed E-state index contributed by atoms with van der Waals surface area (Å²) in [5, 5.41) is 0.671. The van der Waals surface area contributed by atoms with Crippen LogP contribution in [0.25, 0.3) is 0 Å². The number of aromatic nitrogens is 2. The van der Waals surface area contributed by atoms with Crippen molar-refractivity contribution in [2.75, 3.05) is 31.9 Å². The van der Waals surface area contributed by atoms with Gasteiger partial charge in [-0.2, -0.15) is 0 Å². The maximum absolute atomic E-state index is 12.6. The standard InChI is InChI=1S/C17H18N4O4S/c22-14-3-4-18-17-21(14)12(11-26-17)10-15(23)19-5-7-20(8-6-19)16(24)13-2-1-9-25-13/h1-4,9,12H,5-8,10-11H2. The monoisotopic (exact) mass is 374 g/mol. The van der Waals surface area contributed by atoms with Crippen LogP contribution >= 0.6 is 11.8 Å². The fraction of sp³-hybridized carbons (Fsp3) is 0.412. The first kappa shape index (κ1) is 16.9. The van der Waals surface area contributed by atoms with E-state index in [4.69, 9.17) is 4.42 Å². The highest BCUT2D eigenvalue weighted by Gasteiger charge is 2.31. The number of fused-ring (bicyclic) bond motifs is 1. The van der Waals surface area contributed by atoms with Crippen LogP contribution in [0.2, 0.25) is 0 Å². The van der Waals surface area contributed by atoms with Crippen molar-refractivity contribution in [2.24, 2.45) is 0 Å². The lowest BCUT2D eigenvalue weighted by molar-refractivity contribution is -0.133. The zero-order valence-corrected chi connectivity index (χ0v) is 14.9. The SMILES string of the molecule is O=C(CC1CSc2nccc(=O)n21)N1CCN(C(=O)c2ccco2)CC1. The van der Waals surface area contributed by atoms with Gasteiger partial charge in [-0.25, -0.2) is 4.98 Å². The van der Waals surface area contributed by atoms with Crippen LogP contribution in [0.3, 0.4) is 0 Å². The molecule has 8 nitrogen and oxygen atoms in total. The summed E-state index contributed by atoms with van der Waals surface area (Å²) in [6.45, 7) is 1.92. The lowest BCUT2D eigenvalue weighted by Gasteiger charge is -2.34. The van der Waals surface area contributed by atoms with E-state index in [1.54, 1.807) is 26.5 Å². The van der Waals surface area contributed by atoms with Crippen LogP contribution < -0.4 is 5.56 Å². The number of thioether (sulfide) groups is 1. The van der Waals surface area contributed by atoms with Gasteiger partial charge >= 0.3 is 0 Å². The summed E-state index contributed by atoms with van der Waals surface area (Å²) in [5.74, 6) is 0.843. The molecule has 9 heteroatoms. The van der Waals surface area contributed by atoms with Gasteiger partial charge in [0.05, 0.1) is 12.3 Å². The lowest BCUT2D eigenvalue weighted by atomic mass is 10.2. The molecule has 2 aliphatic rings. The third-order valence-corrected chi connectivity index (χ3v) is 5.79. The normalized spacial score (nSPS) is 19.5. The second kappa shape index (κ2) is 6.99. The average molecular weight is 374 g/mol. The van der Waals surface area contributed by atoms with Crippen molar-refractivity contribution in [1.82, 2.24) is 19.4 Å². The molecule has 136 valence electrons. The third kappa shape index (κ3) is 3.14. The minimum absolute atomic E-state index is 0.00398. The number of nitrogens with zero attached hydrogens (tertiary/aromatic N) is 4. The van der Waals surface area contributed by atoms with Crippen LogP contribution in [0.5, 0.6) is 0 Å². The van der Waals surface area contributed by atoms with E-state index in [2.05, 4.69) is 4.98 Å². The molecule has 0 spiro atoms. The first-order valence-electron chi connectivity index (χ1n) is 8.44. The molecule has 0 radical (unpaired) electrons. The Kier molecular flexibility index (Phi) is 4.54. The molecule has 1 saturated heterocycles. The summed E-state index contributed by atoms with van der Waals surface area (Å²) in [7, 11) is 0. The predicted molar refractivity (Wildman–Crippen MR) is 94.1 cm³/mol. The Morgan fingerprint density at radius 2 is 1.96 bits per heavy atom. The van der Waals surface area contributed by atoms with Crippen LogP contribution in [0.15, 0.2) is 45.0 Å². The molecule has 2 aromatic heterocycles. The zero-order chi connectivity index (χ0) is 18.1. The molecule has 1 fully saturated rings. The summed E-state index contributed by atoms with van der Waals surface area (Å²) < 4.78 is 6.75. The number of carbonyl (C=O) groups excluding carboxylic acids is 2. The molecular weight excluding hydrogens is 356 g/mol. The van der Waals surface area contributed by atoms with Gasteiger partial charge < -0.3 is 14.2 Å². The van der Waals surface area contributed by atoms with Crippen LogP contribution in [0.4, 0.5) is 0 Å². The van der Waals surface area contributed by atoms with Gasteiger partial charge in [-0.05, 0) is 12.1 Å². The number of hydrogen-bond acceptors (Lipinski definition) is 6. The van der Waals surface area contributed by atoms with Gasteiger partial charge in [0.25, 0.3) is 11.5 Å². The van der Waals surface area contributed by atoms with E-state index in [1.165, 1.54) is 30.3 Å². The predicted octanol–water partition coefficient (Wildman–Crippen LogP) is 0.858. The second-order valence-corrected chi connectivity index (χ2v) is 7.24. The molecule has 0 saturated carbocycles. The molecule has 0 N–H and O–H groups in total. The van der Waals surface area contributed by atoms with E-state index >= 15 is 0 Å². The average Bonchev–Trinajstić information content (AvgIpc) is 3.32. The molecule has 26 heavy (non-hydrogen) atoms. The number of piperazine rings is 1. The van der Waals surface area contributed by atoms with Crippen molar-refractivity contribution in [3.05, 3.63) is 46.8 Å². The van der Waals surface area contributed by atoms with Crippen molar-refractivity contribution in [2.45, 2.75) is 17.6 Å². The van der Waals surface area contributed by atoms with Crippen molar-refractivity contribution >= 4 is 23.6 Å². The number of hydrogen-bond donors (Lipinski definition) is 0. The summed E-state index contributed by atoms with van der Waals surface area (Å²) in [4.78, 5) is 44.6. The maximum atomic E-state index is 12.6. The minimum Gasteiger partial charge on any atom is -0.459 e. The van der Waals surface area contributed by atoms with Gasteiger partial charge in [0.1, 0.15) is 0 Å². The zero-order valence-electron chi connectivity index (χ0n) is 14.0. The second-order valence-electron chi connectivity index (χ2n) is 6.25. The van der Waals surface area contributed by atoms with Crippen LogP contribution in [0, 0.1) is 0 Å². The molecule has 2 aliphatic heterocycles. The molecule has 0 aromatic carbocycles. The Bertz CT molecular complexity index is 871. The number of furan rings is 1. The van der Waals surface area contributed by atoms with E-state index in [-0.39, 0.29) is 29.8 Å². The molecule has 1 unspecified atom stereocenters. The van der Waals surface area contributed by atoms with Gasteiger partial charge in [-0.15, -0.1) is 0 Å². The molecule has 4 rings (SSSR count). The van der Waals surface area contributed by atoms with E-state index < -0.39 is 0 Å². The highest BCUT2D eigenvalue weighted by molar-refractivity contribution is 7.99. The van der Waals surface area contributed by atoms with E-state index in [9.17, 15) is 14.4 Å². The summed E-state index contributed by atoms with van der Waals surface area (Å²) in [6, 6.07) is 4.58. The maximum Gasteiger partial charge on any atom is 0.289 e. The highest BCUT2D eigenvalue weighted by Crippen LogP contribution is 2.31. The molecule has 1 atom stereocenters. The lowest BCUT2D eigenvalue weighted by Crippen LogP contribution is -2.51. The molecule has 4 heterocycles. The first-order valence-corrected chi connectivity index (χ1v) is 9.43. The number of rotatable bonds is 3. The smallest absolute Gasteiger partial charge is 0.289 e. The van der Waals surface area contributed by atoms with Crippen molar-refractivity contribution < 1.29 is 14.0 Å². The van der Waals surface area contributed by atoms with E-state index in [1.807, 2.05) is 0 Å². The quantitative estimate of drug-likeness (QED) is 0.741. The third-order valence-electron chi connectivity index (χ3n) is 4.68. The van der Waals surface area contributed by atoms with E-state index in [0.29, 0.717) is 42.8 Å². The minimum atomic E-state index is -0.161.